The maximum atomic E-state index is 11.9. The van der Waals surface area contributed by atoms with Gasteiger partial charge in [-0.2, -0.15) is 0 Å². The highest BCUT2D eigenvalue weighted by Crippen LogP contribution is 2.13. The van der Waals surface area contributed by atoms with Gasteiger partial charge in [0.1, 0.15) is 23.9 Å². The molecule has 0 atom stereocenters. The average molecular weight is 298 g/mol. The Labute approximate surface area is 129 Å². The van der Waals surface area contributed by atoms with Crippen LogP contribution in [0, 0.1) is 32.6 Å². The molecule has 0 saturated carbocycles. The highest BCUT2D eigenvalue weighted by atomic mass is 16.5. The number of pyridine rings is 1. The van der Waals surface area contributed by atoms with Gasteiger partial charge in [-0.15, -0.1) is 0 Å². The van der Waals surface area contributed by atoms with Crippen LogP contribution >= 0.6 is 0 Å². The third-order valence-corrected chi connectivity index (χ3v) is 2.94. The number of nitrogens with zero attached hydrogens (tertiary/aromatic N) is 1. The molecule has 5 heteroatoms. The molecule has 0 unspecified atom stereocenters. The summed E-state index contributed by atoms with van der Waals surface area (Å²) in [5.74, 6) is 7.49. The van der Waals surface area contributed by atoms with E-state index in [9.17, 15) is 4.79 Å². The summed E-state index contributed by atoms with van der Waals surface area (Å²) in [6.07, 6.45) is 1.66. The topological polar surface area (TPSA) is 64.4 Å². The molecule has 0 aliphatic rings. The molecule has 1 amide bonds. The molecule has 0 aliphatic carbocycles. The summed E-state index contributed by atoms with van der Waals surface area (Å²) in [6.45, 7) is 6.00. The fourth-order valence-corrected chi connectivity index (χ4v) is 1.85. The molecule has 2 heterocycles. The van der Waals surface area contributed by atoms with E-state index >= 15 is 0 Å². The maximum Gasteiger partial charge on any atom is 0.255 e. The molecule has 2 aromatic rings. The number of amides is 1. The lowest BCUT2D eigenvalue weighted by Crippen LogP contribution is -2.23. The number of aryl methyl sites for hydroxylation is 3. The number of carbonyl (C=O) groups is 1. The summed E-state index contributed by atoms with van der Waals surface area (Å²) in [4.78, 5) is 16.0. The molecule has 114 valence electrons. The second-order valence-electron chi connectivity index (χ2n) is 4.79. The van der Waals surface area contributed by atoms with E-state index in [1.165, 1.54) is 0 Å². The predicted molar refractivity (Wildman–Crippen MR) is 82.8 cm³/mol. The fraction of sp³-hybridized carbons (Fsp3) is 0.294. The third kappa shape index (κ3) is 4.38. The Balaban J connectivity index is 1.74. The molecule has 5 nitrogen and oxygen atoms in total. The van der Waals surface area contributed by atoms with Crippen LogP contribution in [-0.2, 0) is 0 Å². The Kier molecular flexibility index (Phi) is 5.21. The zero-order valence-electron chi connectivity index (χ0n) is 12.9. The molecule has 0 fully saturated rings. The van der Waals surface area contributed by atoms with Gasteiger partial charge in [-0.3, -0.25) is 9.78 Å². The normalized spacial score (nSPS) is 9.77. The van der Waals surface area contributed by atoms with E-state index in [1.807, 2.05) is 19.1 Å². The molecule has 0 bridgehead atoms. The van der Waals surface area contributed by atoms with Gasteiger partial charge in [0.05, 0.1) is 18.3 Å². The van der Waals surface area contributed by atoms with Crippen molar-refractivity contribution in [1.82, 2.24) is 10.3 Å². The predicted octanol–water partition coefficient (Wildman–Crippen LogP) is 2.41. The quantitative estimate of drug-likeness (QED) is 0.880. The van der Waals surface area contributed by atoms with Gasteiger partial charge in [0.2, 0.25) is 0 Å². The number of hydrogen-bond acceptors (Lipinski definition) is 4. The molecule has 2 rings (SSSR count). The van der Waals surface area contributed by atoms with Crippen molar-refractivity contribution in [3.8, 4) is 17.6 Å². The van der Waals surface area contributed by atoms with Gasteiger partial charge in [-0.25, -0.2) is 0 Å². The summed E-state index contributed by atoms with van der Waals surface area (Å²) in [7, 11) is 0. The SMILES string of the molecule is Cc1ccc(OCC#CCNC(=O)c2cc(C)oc2C)cn1. The van der Waals surface area contributed by atoms with Gasteiger partial charge in [-0.05, 0) is 39.0 Å². The summed E-state index contributed by atoms with van der Waals surface area (Å²) in [6, 6.07) is 5.43. The van der Waals surface area contributed by atoms with Crippen LogP contribution in [0.3, 0.4) is 0 Å². The van der Waals surface area contributed by atoms with Gasteiger partial charge in [0.25, 0.3) is 5.91 Å². The third-order valence-electron chi connectivity index (χ3n) is 2.94. The summed E-state index contributed by atoms with van der Waals surface area (Å²) < 4.78 is 10.7. The second-order valence-corrected chi connectivity index (χ2v) is 4.79. The average Bonchev–Trinajstić information content (AvgIpc) is 2.83. The Morgan fingerprint density at radius 3 is 2.77 bits per heavy atom. The van der Waals surface area contributed by atoms with Crippen LogP contribution in [0.5, 0.6) is 5.75 Å². The maximum absolute atomic E-state index is 11.9. The van der Waals surface area contributed by atoms with Crippen LogP contribution in [0.1, 0.15) is 27.6 Å². The highest BCUT2D eigenvalue weighted by Gasteiger charge is 2.11. The van der Waals surface area contributed by atoms with Gasteiger partial charge in [0.15, 0.2) is 0 Å². The number of carbonyl (C=O) groups excluding carboxylic acids is 1. The number of furan rings is 1. The molecule has 1 N–H and O–H groups in total. The second kappa shape index (κ2) is 7.32. The first-order valence-corrected chi connectivity index (χ1v) is 6.92. The molecular weight excluding hydrogens is 280 g/mol. The van der Waals surface area contributed by atoms with Crippen molar-refractivity contribution in [1.29, 1.82) is 0 Å². The lowest BCUT2D eigenvalue weighted by molar-refractivity contribution is 0.0957. The van der Waals surface area contributed by atoms with Crippen LogP contribution < -0.4 is 10.1 Å². The first-order chi connectivity index (χ1) is 10.6. The molecule has 2 aromatic heterocycles. The number of hydrogen-bond donors (Lipinski definition) is 1. The molecule has 22 heavy (non-hydrogen) atoms. The van der Waals surface area contributed by atoms with Crippen molar-refractivity contribution in [2.24, 2.45) is 0 Å². The van der Waals surface area contributed by atoms with Crippen molar-refractivity contribution < 1.29 is 13.9 Å². The van der Waals surface area contributed by atoms with Crippen LogP contribution in [-0.4, -0.2) is 24.0 Å². The molecular formula is C17H18N2O3. The lowest BCUT2D eigenvalue weighted by Gasteiger charge is -2.01. The number of aromatic nitrogens is 1. The number of nitrogens with one attached hydrogen (secondary N) is 1. The van der Waals surface area contributed by atoms with E-state index in [4.69, 9.17) is 9.15 Å². The molecule has 0 aromatic carbocycles. The van der Waals surface area contributed by atoms with Gasteiger partial charge < -0.3 is 14.5 Å². The van der Waals surface area contributed by atoms with E-state index in [1.54, 1.807) is 26.1 Å². The zero-order valence-corrected chi connectivity index (χ0v) is 12.9. The van der Waals surface area contributed by atoms with E-state index in [0.717, 1.165) is 5.69 Å². The Morgan fingerprint density at radius 1 is 1.32 bits per heavy atom. The summed E-state index contributed by atoms with van der Waals surface area (Å²) in [5, 5.41) is 2.72. The molecule has 0 saturated heterocycles. The fourth-order valence-electron chi connectivity index (χ4n) is 1.85. The standard InChI is InChI=1S/C17H18N2O3/c1-12-6-7-15(11-19-12)21-9-5-4-8-18-17(20)16-10-13(2)22-14(16)3/h6-7,10-11H,8-9H2,1-3H3,(H,18,20). The van der Waals surface area contributed by atoms with Gasteiger partial charge >= 0.3 is 0 Å². The number of rotatable bonds is 4. The largest absolute Gasteiger partial charge is 0.479 e. The summed E-state index contributed by atoms with van der Waals surface area (Å²) in [5.41, 5.74) is 1.48. The van der Waals surface area contributed by atoms with Gasteiger partial charge in [0, 0.05) is 5.69 Å². The van der Waals surface area contributed by atoms with E-state index in [2.05, 4.69) is 22.1 Å². The Hall–Kier alpha value is -2.74. The minimum absolute atomic E-state index is 0.188. The van der Waals surface area contributed by atoms with Crippen molar-refractivity contribution >= 4 is 5.91 Å². The molecule has 0 aliphatic heterocycles. The zero-order chi connectivity index (χ0) is 15.9. The minimum atomic E-state index is -0.188. The van der Waals surface area contributed by atoms with Crippen molar-refractivity contribution in [3.05, 3.63) is 47.2 Å². The van der Waals surface area contributed by atoms with Crippen molar-refractivity contribution in [2.75, 3.05) is 13.2 Å². The summed E-state index contributed by atoms with van der Waals surface area (Å²) >= 11 is 0. The molecule has 0 radical (unpaired) electrons. The number of ether oxygens (including phenoxy) is 1. The van der Waals surface area contributed by atoms with Gasteiger partial charge in [-0.1, -0.05) is 11.8 Å². The van der Waals surface area contributed by atoms with Crippen LogP contribution in [0.25, 0.3) is 0 Å². The van der Waals surface area contributed by atoms with Crippen LogP contribution in [0.4, 0.5) is 0 Å². The van der Waals surface area contributed by atoms with Crippen molar-refractivity contribution in [3.63, 3.8) is 0 Å². The van der Waals surface area contributed by atoms with Crippen molar-refractivity contribution in [2.45, 2.75) is 20.8 Å². The van der Waals surface area contributed by atoms with Crippen LogP contribution in [0.15, 0.2) is 28.8 Å². The van der Waals surface area contributed by atoms with E-state index < -0.39 is 0 Å². The van der Waals surface area contributed by atoms with E-state index in [0.29, 0.717) is 22.8 Å². The monoisotopic (exact) mass is 298 g/mol. The Morgan fingerprint density at radius 2 is 2.14 bits per heavy atom. The minimum Gasteiger partial charge on any atom is -0.479 e. The lowest BCUT2D eigenvalue weighted by atomic mass is 10.2. The first-order valence-electron chi connectivity index (χ1n) is 6.92. The molecule has 0 spiro atoms. The van der Waals surface area contributed by atoms with Crippen LogP contribution in [0.2, 0.25) is 0 Å². The highest BCUT2D eigenvalue weighted by molar-refractivity contribution is 5.95. The van der Waals surface area contributed by atoms with E-state index in [-0.39, 0.29) is 19.1 Å². The Bertz CT molecular complexity index is 706. The smallest absolute Gasteiger partial charge is 0.255 e. The first kappa shape index (κ1) is 15.6.